The fourth-order valence-electron chi connectivity index (χ4n) is 1.69. The molecule has 0 aliphatic carbocycles. The van der Waals surface area contributed by atoms with E-state index in [-0.39, 0.29) is 5.82 Å². The molecule has 0 aromatic heterocycles. The second-order valence-corrected chi connectivity index (χ2v) is 4.18. The summed E-state index contributed by atoms with van der Waals surface area (Å²) in [7, 11) is 0. The molecule has 0 heterocycles. The van der Waals surface area contributed by atoms with Crippen LogP contribution in [0.3, 0.4) is 0 Å². The van der Waals surface area contributed by atoms with Gasteiger partial charge in [-0.25, -0.2) is 4.39 Å². The Balaban J connectivity index is 1.88. The summed E-state index contributed by atoms with van der Waals surface area (Å²) in [5.74, 6) is -0.149. The largest absolute Gasteiger partial charge is 0.309 e. The first-order valence-electron chi connectivity index (χ1n) is 5.75. The van der Waals surface area contributed by atoms with E-state index in [4.69, 9.17) is 0 Å². The average molecular weight is 229 g/mol. The van der Waals surface area contributed by atoms with Crippen molar-refractivity contribution in [3.63, 3.8) is 0 Å². The lowest BCUT2D eigenvalue weighted by atomic mass is 10.1. The molecule has 0 fully saturated rings. The fraction of sp³-hybridized carbons (Fsp3) is 0.200. The number of hydrogen-bond acceptors (Lipinski definition) is 1. The van der Waals surface area contributed by atoms with Crippen LogP contribution in [0.25, 0.3) is 0 Å². The summed E-state index contributed by atoms with van der Waals surface area (Å²) in [5, 5.41) is 3.24. The summed E-state index contributed by atoms with van der Waals surface area (Å²) in [6, 6.07) is 15.2. The summed E-state index contributed by atoms with van der Waals surface area (Å²) in [6.45, 7) is 3.38. The predicted molar refractivity (Wildman–Crippen MR) is 68.1 cm³/mol. The van der Waals surface area contributed by atoms with Gasteiger partial charge >= 0.3 is 0 Å². The lowest BCUT2D eigenvalue weighted by molar-refractivity contribution is 0.588. The highest BCUT2D eigenvalue weighted by atomic mass is 19.1. The summed E-state index contributed by atoms with van der Waals surface area (Å²) < 4.78 is 13.3. The minimum atomic E-state index is -0.149. The van der Waals surface area contributed by atoms with E-state index in [1.165, 1.54) is 17.2 Å². The summed E-state index contributed by atoms with van der Waals surface area (Å²) >= 11 is 0. The fourth-order valence-corrected chi connectivity index (χ4v) is 1.69. The van der Waals surface area contributed by atoms with E-state index in [9.17, 15) is 4.39 Å². The number of benzene rings is 2. The zero-order valence-corrected chi connectivity index (χ0v) is 9.91. The van der Waals surface area contributed by atoms with E-state index in [1.54, 1.807) is 12.1 Å². The quantitative estimate of drug-likeness (QED) is 0.847. The Labute approximate surface area is 101 Å². The van der Waals surface area contributed by atoms with Gasteiger partial charge < -0.3 is 5.32 Å². The Hall–Kier alpha value is -1.67. The van der Waals surface area contributed by atoms with E-state index in [1.807, 2.05) is 6.07 Å². The molecule has 0 aliphatic heterocycles. The van der Waals surface area contributed by atoms with Gasteiger partial charge in [-0.1, -0.05) is 48.0 Å². The topological polar surface area (TPSA) is 12.0 Å². The molecular weight excluding hydrogens is 213 g/mol. The van der Waals surface area contributed by atoms with Crippen molar-refractivity contribution in [1.29, 1.82) is 0 Å². The van der Waals surface area contributed by atoms with E-state index < -0.39 is 0 Å². The van der Waals surface area contributed by atoms with Crippen LogP contribution in [-0.4, -0.2) is 0 Å². The Kier molecular flexibility index (Phi) is 3.89. The van der Waals surface area contributed by atoms with E-state index in [0.717, 1.165) is 6.54 Å². The maximum atomic E-state index is 13.3. The van der Waals surface area contributed by atoms with Gasteiger partial charge in [0.05, 0.1) is 0 Å². The van der Waals surface area contributed by atoms with E-state index in [2.05, 4.69) is 36.5 Å². The predicted octanol–water partition coefficient (Wildman–Crippen LogP) is 3.42. The molecule has 0 bridgehead atoms. The van der Waals surface area contributed by atoms with Crippen molar-refractivity contribution in [3.05, 3.63) is 71.0 Å². The summed E-state index contributed by atoms with van der Waals surface area (Å²) in [5.41, 5.74) is 3.18. The molecule has 0 atom stereocenters. The van der Waals surface area contributed by atoms with Crippen molar-refractivity contribution in [1.82, 2.24) is 5.32 Å². The highest BCUT2D eigenvalue weighted by Gasteiger charge is 1.99. The van der Waals surface area contributed by atoms with Crippen molar-refractivity contribution in [2.45, 2.75) is 20.0 Å². The molecule has 1 N–H and O–H groups in total. The third-order valence-corrected chi connectivity index (χ3v) is 2.72. The van der Waals surface area contributed by atoms with Crippen LogP contribution >= 0.6 is 0 Å². The Bertz CT molecular complexity index is 477. The number of aryl methyl sites for hydroxylation is 1. The molecule has 0 unspecified atom stereocenters. The van der Waals surface area contributed by atoms with Crippen LogP contribution in [0.2, 0.25) is 0 Å². The molecule has 17 heavy (non-hydrogen) atoms. The van der Waals surface area contributed by atoms with Gasteiger partial charge in [0.15, 0.2) is 0 Å². The normalized spacial score (nSPS) is 10.5. The average Bonchev–Trinajstić information content (AvgIpc) is 2.34. The van der Waals surface area contributed by atoms with Crippen LogP contribution in [0.1, 0.15) is 16.7 Å². The van der Waals surface area contributed by atoms with Crippen molar-refractivity contribution in [3.8, 4) is 0 Å². The molecule has 0 saturated heterocycles. The van der Waals surface area contributed by atoms with Gasteiger partial charge in [0, 0.05) is 18.7 Å². The highest BCUT2D eigenvalue weighted by Crippen LogP contribution is 2.07. The molecule has 2 rings (SSSR count). The summed E-state index contributed by atoms with van der Waals surface area (Å²) in [6.07, 6.45) is 0. The Morgan fingerprint density at radius 2 is 1.65 bits per heavy atom. The first-order chi connectivity index (χ1) is 8.25. The van der Waals surface area contributed by atoms with Crippen molar-refractivity contribution < 1.29 is 4.39 Å². The van der Waals surface area contributed by atoms with E-state index in [0.29, 0.717) is 12.1 Å². The molecule has 88 valence electrons. The van der Waals surface area contributed by atoms with Gasteiger partial charge in [-0.2, -0.15) is 0 Å². The second-order valence-electron chi connectivity index (χ2n) is 4.18. The van der Waals surface area contributed by atoms with Gasteiger partial charge in [-0.05, 0) is 18.6 Å². The highest BCUT2D eigenvalue weighted by molar-refractivity contribution is 5.21. The van der Waals surface area contributed by atoms with Gasteiger partial charge in [-0.15, -0.1) is 0 Å². The second kappa shape index (κ2) is 5.60. The number of rotatable bonds is 4. The zero-order chi connectivity index (χ0) is 12.1. The number of hydrogen-bond donors (Lipinski definition) is 1. The van der Waals surface area contributed by atoms with Gasteiger partial charge in [0.25, 0.3) is 0 Å². The number of nitrogens with one attached hydrogen (secondary N) is 1. The molecule has 0 aliphatic rings. The minimum absolute atomic E-state index is 0.149. The monoisotopic (exact) mass is 229 g/mol. The van der Waals surface area contributed by atoms with Crippen LogP contribution < -0.4 is 5.32 Å². The van der Waals surface area contributed by atoms with Crippen molar-refractivity contribution >= 4 is 0 Å². The van der Waals surface area contributed by atoms with Crippen LogP contribution in [-0.2, 0) is 13.1 Å². The lowest BCUT2D eigenvalue weighted by Gasteiger charge is -2.06. The standard InChI is InChI=1S/C15H16FN/c1-12-6-8-13(9-7-12)10-17-11-14-4-2-3-5-15(14)16/h2-9,17H,10-11H2,1H3. The van der Waals surface area contributed by atoms with Gasteiger partial charge in [0.1, 0.15) is 5.82 Å². The molecule has 0 spiro atoms. The first-order valence-corrected chi connectivity index (χ1v) is 5.75. The smallest absolute Gasteiger partial charge is 0.127 e. The molecule has 0 radical (unpaired) electrons. The Morgan fingerprint density at radius 1 is 0.941 bits per heavy atom. The third-order valence-electron chi connectivity index (χ3n) is 2.72. The van der Waals surface area contributed by atoms with Gasteiger partial charge in [-0.3, -0.25) is 0 Å². The number of halogens is 1. The maximum Gasteiger partial charge on any atom is 0.127 e. The lowest BCUT2D eigenvalue weighted by Crippen LogP contribution is -2.13. The molecule has 2 heteroatoms. The zero-order valence-electron chi connectivity index (χ0n) is 9.91. The molecule has 1 nitrogen and oxygen atoms in total. The molecule has 0 amide bonds. The third kappa shape index (κ3) is 3.40. The SMILES string of the molecule is Cc1ccc(CNCc2ccccc2F)cc1. The van der Waals surface area contributed by atoms with Crippen LogP contribution in [0.4, 0.5) is 4.39 Å². The van der Waals surface area contributed by atoms with Crippen molar-refractivity contribution in [2.24, 2.45) is 0 Å². The first kappa shape index (κ1) is 11.8. The molecule has 2 aromatic carbocycles. The van der Waals surface area contributed by atoms with Crippen LogP contribution in [0.15, 0.2) is 48.5 Å². The minimum Gasteiger partial charge on any atom is -0.309 e. The molecular formula is C15H16FN. The van der Waals surface area contributed by atoms with Crippen LogP contribution in [0, 0.1) is 12.7 Å². The van der Waals surface area contributed by atoms with E-state index >= 15 is 0 Å². The van der Waals surface area contributed by atoms with Gasteiger partial charge in [0.2, 0.25) is 0 Å². The molecule has 2 aromatic rings. The maximum absolute atomic E-state index is 13.3. The van der Waals surface area contributed by atoms with Crippen LogP contribution in [0.5, 0.6) is 0 Å². The van der Waals surface area contributed by atoms with Crippen molar-refractivity contribution in [2.75, 3.05) is 0 Å². The molecule has 0 saturated carbocycles. The Morgan fingerprint density at radius 3 is 2.35 bits per heavy atom. The summed E-state index contributed by atoms with van der Waals surface area (Å²) in [4.78, 5) is 0.